The minimum Gasteiger partial charge on any atom is -0.434 e. The van der Waals surface area contributed by atoms with Gasteiger partial charge in [-0.15, -0.1) is 0 Å². The van der Waals surface area contributed by atoms with Crippen LogP contribution < -0.4 is 10.1 Å². The molecule has 5 heteroatoms. The number of halogens is 2. The molecule has 0 aliphatic rings. The molecule has 3 nitrogen and oxygen atoms in total. The zero-order valence-corrected chi connectivity index (χ0v) is 11.5. The highest BCUT2D eigenvalue weighted by atomic mass is 19.3. The van der Waals surface area contributed by atoms with Crippen molar-refractivity contribution in [1.29, 1.82) is 0 Å². The summed E-state index contributed by atoms with van der Waals surface area (Å²) in [6.45, 7) is 2.40. The summed E-state index contributed by atoms with van der Waals surface area (Å²) in [4.78, 5) is 0. The highest BCUT2D eigenvalue weighted by Crippen LogP contribution is 2.20. The molecule has 0 heterocycles. The summed E-state index contributed by atoms with van der Waals surface area (Å²) in [5.74, 6) is 0.605. The number of ether oxygens (including phenoxy) is 2. The Kier molecular flexibility index (Phi) is 6.73. The largest absolute Gasteiger partial charge is 0.434 e. The number of hydrogen-bond acceptors (Lipinski definition) is 3. The Hall–Kier alpha value is -1.20. The van der Waals surface area contributed by atoms with Gasteiger partial charge in [0.2, 0.25) is 0 Å². The molecule has 0 amide bonds. The molecule has 1 N–H and O–H groups in total. The molecular weight excluding hydrogens is 252 g/mol. The third-order valence-corrected chi connectivity index (χ3v) is 2.89. The molecule has 0 aromatic heterocycles. The minimum absolute atomic E-state index is 0.171. The van der Waals surface area contributed by atoms with Gasteiger partial charge in [0, 0.05) is 25.3 Å². The van der Waals surface area contributed by atoms with Gasteiger partial charge in [0.05, 0.1) is 6.61 Å². The van der Waals surface area contributed by atoms with Crippen molar-refractivity contribution in [3.63, 3.8) is 0 Å². The first-order chi connectivity index (χ1) is 9.04. The first-order valence-corrected chi connectivity index (χ1v) is 6.29. The molecule has 0 saturated heterocycles. The van der Waals surface area contributed by atoms with Gasteiger partial charge in [-0.1, -0.05) is 32.0 Å². The molecule has 1 aromatic rings. The van der Waals surface area contributed by atoms with E-state index in [0.29, 0.717) is 24.6 Å². The van der Waals surface area contributed by atoms with Crippen LogP contribution in [0.5, 0.6) is 5.75 Å². The fraction of sp³-hybridized carbons (Fsp3) is 0.571. The van der Waals surface area contributed by atoms with E-state index in [-0.39, 0.29) is 11.8 Å². The van der Waals surface area contributed by atoms with Crippen molar-refractivity contribution in [1.82, 2.24) is 5.32 Å². The average Bonchev–Trinajstić information content (AvgIpc) is 2.35. The summed E-state index contributed by atoms with van der Waals surface area (Å²) in [6.07, 6.45) is 0. The van der Waals surface area contributed by atoms with E-state index in [9.17, 15) is 8.78 Å². The first kappa shape index (κ1) is 15.9. The predicted molar refractivity (Wildman–Crippen MR) is 70.4 cm³/mol. The Morgan fingerprint density at radius 1 is 1.21 bits per heavy atom. The summed E-state index contributed by atoms with van der Waals surface area (Å²) in [6, 6.07) is 6.97. The number of benzene rings is 1. The molecule has 0 radical (unpaired) electrons. The van der Waals surface area contributed by atoms with Crippen LogP contribution in [0.2, 0.25) is 0 Å². The summed E-state index contributed by atoms with van der Waals surface area (Å²) in [5.41, 5.74) is 0.713. The van der Waals surface area contributed by atoms with E-state index in [1.165, 1.54) is 0 Å². The molecule has 0 saturated carbocycles. The molecule has 1 aromatic carbocycles. The van der Waals surface area contributed by atoms with E-state index in [0.717, 1.165) is 0 Å². The van der Waals surface area contributed by atoms with Crippen molar-refractivity contribution < 1.29 is 18.3 Å². The highest BCUT2D eigenvalue weighted by molar-refractivity contribution is 5.33. The lowest BCUT2D eigenvalue weighted by molar-refractivity contribution is -0.0505. The average molecular weight is 273 g/mol. The van der Waals surface area contributed by atoms with Gasteiger partial charge < -0.3 is 14.8 Å². The second kappa shape index (κ2) is 8.07. The van der Waals surface area contributed by atoms with E-state index in [1.54, 1.807) is 31.4 Å². The maximum Gasteiger partial charge on any atom is 0.387 e. The van der Waals surface area contributed by atoms with Crippen molar-refractivity contribution >= 4 is 0 Å². The molecule has 108 valence electrons. The molecule has 1 unspecified atom stereocenters. The minimum atomic E-state index is -2.80. The lowest BCUT2D eigenvalue weighted by Gasteiger charge is -2.22. The third kappa shape index (κ3) is 5.53. The van der Waals surface area contributed by atoms with Crippen LogP contribution in [0.25, 0.3) is 0 Å². The van der Waals surface area contributed by atoms with Crippen molar-refractivity contribution in [2.24, 2.45) is 5.92 Å². The Labute approximate surface area is 112 Å². The van der Waals surface area contributed by atoms with Crippen LogP contribution in [0.4, 0.5) is 8.78 Å². The second-order valence-electron chi connectivity index (χ2n) is 4.67. The topological polar surface area (TPSA) is 30.5 Å². The van der Waals surface area contributed by atoms with Crippen molar-refractivity contribution in [3.05, 3.63) is 29.8 Å². The van der Waals surface area contributed by atoms with Gasteiger partial charge in [-0.25, -0.2) is 0 Å². The maximum atomic E-state index is 12.3. The fourth-order valence-corrected chi connectivity index (χ4v) is 1.77. The zero-order chi connectivity index (χ0) is 14.3. The molecular formula is C14H21F2NO2. The Bertz CT molecular complexity index is 372. The van der Waals surface area contributed by atoms with E-state index in [1.807, 2.05) is 0 Å². The van der Waals surface area contributed by atoms with Crippen LogP contribution in [0.3, 0.4) is 0 Å². The molecule has 0 aliphatic heterocycles. The molecule has 19 heavy (non-hydrogen) atoms. The number of para-hydroxylation sites is 1. The predicted octanol–water partition coefficient (Wildman–Crippen LogP) is 3.05. The van der Waals surface area contributed by atoms with Gasteiger partial charge in [0.15, 0.2) is 0 Å². The first-order valence-electron chi connectivity index (χ1n) is 6.29. The maximum absolute atomic E-state index is 12.3. The van der Waals surface area contributed by atoms with Gasteiger partial charge >= 0.3 is 6.61 Å². The number of alkyl halides is 2. The third-order valence-electron chi connectivity index (χ3n) is 2.89. The van der Waals surface area contributed by atoms with Gasteiger partial charge in [0.25, 0.3) is 0 Å². The van der Waals surface area contributed by atoms with Crippen LogP contribution in [-0.4, -0.2) is 26.4 Å². The molecule has 0 fully saturated rings. The molecule has 0 bridgehead atoms. The molecule has 0 aliphatic carbocycles. The smallest absolute Gasteiger partial charge is 0.387 e. The fourth-order valence-electron chi connectivity index (χ4n) is 1.77. The van der Waals surface area contributed by atoms with Crippen LogP contribution in [-0.2, 0) is 11.3 Å². The lowest BCUT2D eigenvalue weighted by atomic mass is 10.0. The van der Waals surface area contributed by atoms with E-state index < -0.39 is 6.61 Å². The lowest BCUT2D eigenvalue weighted by Crippen LogP contribution is -2.37. The number of hydrogen-bond donors (Lipinski definition) is 1. The second-order valence-corrected chi connectivity index (χ2v) is 4.67. The zero-order valence-electron chi connectivity index (χ0n) is 11.5. The van der Waals surface area contributed by atoms with E-state index >= 15 is 0 Å². The number of methoxy groups -OCH3 is 1. The highest BCUT2D eigenvalue weighted by Gasteiger charge is 2.14. The SMILES string of the molecule is COCC(NCc1ccccc1OC(F)F)C(C)C. The molecule has 0 spiro atoms. The van der Waals surface area contributed by atoms with Gasteiger partial charge in [-0.05, 0) is 12.0 Å². The normalized spacial score (nSPS) is 13.0. The number of rotatable bonds is 8. The van der Waals surface area contributed by atoms with Crippen molar-refractivity contribution in [2.75, 3.05) is 13.7 Å². The summed E-state index contributed by atoms with van der Waals surface area (Å²) >= 11 is 0. The van der Waals surface area contributed by atoms with Crippen LogP contribution in [0.1, 0.15) is 19.4 Å². The van der Waals surface area contributed by atoms with Crippen molar-refractivity contribution in [3.8, 4) is 5.75 Å². The summed E-state index contributed by atoms with van der Waals surface area (Å²) < 4.78 is 34.2. The van der Waals surface area contributed by atoms with Gasteiger partial charge in [-0.2, -0.15) is 8.78 Å². The van der Waals surface area contributed by atoms with Crippen LogP contribution in [0.15, 0.2) is 24.3 Å². The molecule has 1 rings (SSSR count). The quantitative estimate of drug-likeness (QED) is 0.789. The van der Waals surface area contributed by atoms with Gasteiger partial charge in [0.1, 0.15) is 5.75 Å². The van der Waals surface area contributed by atoms with Crippen LogP contribution >= 0.6 is 0 Å². The van der Waals surface area contributed by atoms with Crippen LogP contribution in [0, 0.1) is 5.92 Å². The summed E-state index contributed by atoms with van der Waals surface area (Å²) in [5, 5.41) is 3.30. The van der Waals surface area contributed by atoms with Crippen molar-refractivity contribution in [2.45, 2.75) is 33.0 Å². The summed E-state index contributed by atoms with van der Waals surface area (Å²) in [7, 11) is 1.64. The Morgan fingerprint density at radius 2 is 1.89 bits per heavy atom. The Balaban J connectivity index is 2.65. The standard InChI is InChI=1S/C14H21F2NO2/c1-10(2)12(9-18-3)17-8-11-6-4-5-7-13(11)19-14(15)16/h4-7,10,12,14,17H,8-9H2,1-3H3. The Morgan fingerprint density at radius 3 is 2.47 bits per heavy atom. The molecule has 1 atom stereocenters. The number of nitrogens with one attached hydrogen (secondary N) is 1. The van der Waals surface area contributed by atoms with E-state index in [4.69, 9.17) is 4.74 Å². The monoisotopic (exact) mass is 273 g/mol. The van der Waals surface area contributed by atoms with E-state index in [2.05, 4.69) is 23.9 Å². The van der Waals surface area contributed by atoms with Gasteiger partial charge in [-0.3, -0.25) is 0 Å².